The smallest absolute Gasteiger partial charge is 0.260 e. The van der Waals surface area contributed by atoms with Gasteiger partial charge < -0.3 is 9.64 Å². The van der Waals surface area contributed by atoms with Gasteiger partial charge in [-0.15, -0.1) is 5.10 Å². The van der Waals surface area contributed by atoms with Gasteiger partial charge >= 0.3 is 0 Å². The van der Waals surface area contributed by atoms with Gasteiger partial charge in [-0.05, 0) is 29.4 Å². The molecule has 0 spiro atoms. The molecule has 156 valence electrons. The van der Waals surface area contributed by atoms with E-state index in [1.165, 1.54) is 0 Å². The molecule has 1 saturated heterocycles. The molecule has 0 unspecified atom stereocenters. The Bertz CT molecular complexity index is 959. The van der Waals surface area contributed by atoms with Gasteiger partial charge in [0.1, 0.15) is 12.2 Å². The highest BCUT2D eigenvalue weighted by Crippen LogP contribution is 2.26. The topological polar surface area (TPSA) is 47.4 Å². The molecule has 0 bridgehead atoms. The highest BCUT2D eigenvalue weighted by Gasteiger charge is 2.29. The first-order chi connectivity index (χ1) is 14.6. The first-order valence-corrected chi connectivity index (χ1v) is 10.7. The summed E-state index contributed by atoms with van der Waals surface area (Å²) < 4.78 is 7.83. The third-order valence-corrected chi connectivity index (χ3v) is 5.52. The fraction of sp³-hybridized carbons (Fsp3) is 0.360. The van der Waals surface area contributed by atoms with Crippen LogP contribution in [0.1, 0.15) is 41.8 Å². The Balaban J connectivity index is 1.58. The summed E-state index contributed by atoms with van der Waals surface area (Å²) in [6.45, 7) is 6.97. The van der Waals surface area contributed by atoms with Crippen LogP contribution in [0.15, 0.2) is 66.9 Å². The standard InChI is InChI=1S/C25H29N3O2/c1-19-13-20(2)15-27(14-19)25(29)23-17-28(16-21-9-5-3-6-10-21)26-24(23)30-18-22-11-7-4-8-12-22/h3-12,17,19-20H,13-16,18H2,1-2H3/t19-,20-/m0/s1. The summed E-state index contributed by atoms with van der Waals surface area (Å²) in [5.74, 6) is 1.43. The normalized spacial score (nSPS) is 18.9. The van der Waals surface area contributed by atoms with Gasteiger partial charge in [0.15, 0.2) is 0 Å². The van der Waals surface area contributed by atoms with E-state index in [-0.39, 0.29) is 5.91 Å². The van der Waals surface area contributed by atoms with Crippen molar-refractivity contribution in [3.8, 4) is 5.88 Å². The fourth-order valence-corrected chi connectivity index (χ4v) is 4.23. The lowest BCUT2D eigenvalue weighted by Gasteiger charge is -2.34. The van der Waals surface area contributed by atoms with Crippen molar-refractivity contribution in [3.05, 3.63) is 83.6 Å². The summed E-state index contributed by atoms with van der Waals surface area (Å²) in [5, 5.41) is 4.62. The number of carbonyl (C=O) groups excluding carboxylic acids is 1. The van der Waals surface area contributed by atoms with Crippen LogP contribution >= 0.6 is 0 Å². The van der Waals surface area contributed by atoms with Gasteiger partial charge in [-0.1, -0.05) is 74.5 Å². The monoisotopic (exact) mass is 403 g/mol. The molecule has 2 aromatic carbocycles. The Hall–Kier alpha value is -3.08. The van der Waals surface area contributed by atoms with Gasteiger partial charge in [0, 0.05) is 19.3 Å². The van der Waals surface area contributed by atoms with Gasteiger partial charge in [-0.25, -0.2) is 0 Å². The summed E-state index contributed by atoms with van der Waals surface area (Å²) in [5.41, 5.74) is 2.73. The van der Waals surface area contributed by atoms with Crippen LogP contribution in [0, 0.1) is 11.8 Å². The first-order valence-electron chi connectivity index (χ1n) is 10.7. The first kappa shape index (κ1) is 20.2. The Morgan fingerprint density at radius 2 is 1.57 bits per heavy atom. The van der Waals surface area contributed by atoms with Crippen molar-refractivity contribution in [3.63, 3.8) is 0 Å². The molecule has 4 rings (SSSR count). The second-order valence-electron chi connectivity index (χ2n) is 8.46. The van der Waals surface area contributed by atoms with E-state index >= 15 is 0 Å². The predicted molar refractivity (Wildman–Crippen MR) is 117 cm³/mol. The van der Waals surface area contributed by atoms with E-state index in [9.17, 15) is 4.79 Å². The summed E-state index contributed by atoms with van der Waals surface area (Å²) in [6, 6.07) is 20.1. The van der Waals surface area contributed by atoms with Crippen LogP contribution in [-0.4, -0.2) is 33.7 Å². The summed E-state index contributed by atoms with van der Waals surface area (Å²) in [6.07, 6.45) is 2.99. The van der Waals surface area contributed by atoms with E-state index in [0.717, 1.165) is 30.6 Å². The molecule has 0 saturated carbocycles. The number of likely N-dealkylation sites (tertiary alicyclic amines) is 1. The van der Waals surface area contributed by atoms with Gasteiger partial charge in [-0.3, -0.25) is 9.48 Å². The Labute approximate surface area is 178 Å². The molecule has 1 aliphatic heterocycles. The molecule has 0 N–H and O–H groups in total. The van der Waals surface area contributed by atoms with Crippen LogP contribution in [-0.2, 0) is 13.2 Å². The van der Waals surface area contributed by atoms with E-state index in [2.05, 4.69) is 31.1 Å². The molecule has 0 radical (unpaired) electrons. The SMILES string of the molecule is C[C@H]1C[C@H](C)CN(C(=O)c2cn(Cc3ccccc3)nc2OCc2ccccc2)C1. The number of rotatable bonds is 6. The van der Waals surface area contributed by atoms with Gasteiger partial charge in [0.2, 0.25) is 5.88 Å². The molecule has 1 aliphatic rings. The predicted octanol–water partition coefficient (Wildman–Crippen LogP) is 4.63. The number of hydrogen-bond donors (Lipinski definition) is 0. The highest BCUT2D eigenvalue weighted by atomic mass is 16.5. The van der Waals surface area contributed by atoms with Crippen LogP contribution < -0.4 is 4.74 Å². The number of aromatic nitrogens is 2. The van der Waals surface area contributed by atoms with Crippen LogP contribution in [0.4, 0.5) is 0 Å². The van der Waals surface area contributed by atoms with Crippen LogP contribution in [0.5, 0.6) is 5.88 Å². The molecule has 5 heteroatoms. The third-order valence-electron chi connectivity index (χ3n) is 5.52. The molecule has 2 atom stereocenters. The van der Waals surface area contributed by atoms with Crippen molar-refractivity contribution in [2.45, 2.75) is 33.4 Å². The maximum Gasteiger partial charge on any atom is 0.260 e. The second kappa shape index (κ2) is 9.16. The molecule has 0 aliphatic carbocycles. The number of nitrogens with zero attached hydrogens (tertiary/aromatic N) is 3. The van der Waals surface area contributed by atoms with Crippen molar-refractivity contribution < 1.29 is 9.53 Å². The molecule has 1 amide bonds. The number of carbonyl (C=O) groups is 1. The molecular weight excluding hydrogens is 374 g/mol. The minimum atomic E-state index is 0.00998. The van der Waals surface area contributed by atoms with Gasteiger partial charge in [0.25, 0.3) is 5.91 Å². The number of ether oxygens (including phenoxy) is 1. The van der Waals surface area contributed by atoms with Crippen molar-refractivity contribution in [2.75, 3.05) is 13.1 Å². The number of hydrogen-bond acceptors (Lipinski definition) is 3. The molecule has 2 heterocycles. The van der Waals surface area contributed by atoms with E-state index in [1.807, 2.05) is 59.6 Å². The number of piperidine rings is 1. The Morgan fingerprint density at radius 3 is 2.20 bits per heavy atom. The average molecular weight is 404 g/mol. The van der Waals surface area contributed by atoms with Crippen molar-refractivity contribution in [1.29, 1.82) is 0 Å². The summed E-state index contributed by atoms with van der Waals surface area (Å²) >= 11 is 0. The van der Waals surface area contributed by atoms with E-state index in [4.69, 9.17) is 4.74 Å². The molecule has 1 aromatic heterocycles. The lowest BCUT2D eigenvalue weighted by Crippen LogP contribution is -2.42. The highest BCUT2D eigenvalue weighted by molar-refractivity contribution is 5.96. The van der Waals surface area contributed by atoms with Crippen molar-refractivity contribution in [2.24, 2.45) is 11.8 Å². The fourth-order valence-electron chi connectivity index (χ4n) is 4.23. The molecule has 5 nitrogen and oxygen atoms in total. The third kappa shape index (κ3) is 4.90. The minimum Gasteiger partial charge on any atom is -0.471 e. The van der Waals surface area contributed by atoms with E-state index in [1.54, 1.807) is 4.68 Å². The second-order valence-corrected chi connectivity index (χ2v) is 8.46. The lowest BCUT2D eigenvalue weighted by atomic mass is 9.91. The summed E-state index contributed by atoms with van der Waals surface area (Å²) in [4.78, 5) is 15.3. The Kier molecular flexibility index (Phi) is 6.17. The zero-order valence-electron chi connectivity index (χ0n) is 17.7. The zero-order chi connectivity index (χ0) is 20.9. The largest absolute Gasteiger partial charge is 0.471 e. The molecule has 1 fully saturated rings. The van der Waals surface area contributed by atoms with Crippen LogP contribution in [0.2, 0.25) is 0 Å². The minimum absolute atomic E-state index is 0.00998. The van der Waals surface area contributed by atoms with Crippen molar-refractivity contribution >= 4 is 5.91 Å². The maximum absolute atomic E-state index is 13.4. The maximum atomic E-state index is 13.4. The van der Waals surface area contributed by atoms with Crippen molar-refractivity contribution in [1.82, 2.24) is 14.7 Å². The molecule has 30 heavy (non-hydrogen) atoms. The van der Waals surface area contributed by atoms with Gasteiger partial charge in [0.05, 0.1) is 6.54 Å². The van der Waals surface area contributed by atoms with E-state index in [0.29, 0.717) is 36.4 Å². The molecular formula is C25H29N3O2. The number of amides is 1. The van der Waals surface area contributed by atoms with Gasteiger partial charge in [-0.2, -0.15) is 0 Å². The van der Waals surface area contributed by atoms with Crippen LogP contribution in [0.25, 0.3) is 0 Å². The zero-order valence-corrected chi connectivity index (χ0v) is 17.7. The number of benzene rings is 2. The average Bonchev–Trinajstić information content (AvgIpc) is 3.15. The van der Waals surface area contributed by atoms with E-state index < -0.39 is 0 Å². The molecule has 3 aromatic rings. The quantitative estimate of drug-likeness (QED) is 0.603. The Morgan fingerprint density at radius 1 is 0.967 bits per heavy atom. The summed E-state index contributed by atoms with van der Waals surface area (Å²) in [7, 11) is 0. The van der Waals surface area contributed by atoms with Crippen LogP contribution in [0.3, 0.4) is 0 Å². The lowest BCUT2D eigenvalue weighted by molar-refractivity contribution is 0.0618.